The van der Waals surface area contributed by atoms with Crippen LogP contribution in [-0.4, -0.2) is 5.78 Å². The lowest BCUT2D eigenvalue weighted by Gasteiger charge is -2.03. The normalized spacial score (nSPS) is 12.3. The van der Waals surface area contributed by atoms with Crippen LogP contribution < -0.4 is 0 Å². The Kier molecular flexibility index (Phi) is 32.4. The van der Waals surface area contributed by atoms with Crippen molar-refractivity contribution in [3.05, 3.63) is 48.6 Å². The summed E-state index contributed by atoms with van der Waals surface area (Å²) in [5, 5.41) is 0. The third-order valence-corrected chi connectivity index (χ3v) is 7.31. The third-order valence-electron chi connectivity index (χ3n) is 7.31. The van der Waals surface area contributed by atoms with E-state index in [1.807, 2.05) is 0 Å². The van der Waals surface area contributed by atoms with Gasteiger partial charge in [0.05, 0.1) is 0 Å². The van der Waals surface area contributed by atoms with E-state index in [0.29, 0.717) is 5.78 Å². The number of Topliss-reactive ketones (excluding diaryl/α,β-unsaturated/α-hetero) is 1. The van der Waals surface area contributed by atoms with Gasteiger partial charge in [0, 0.05) is 12.8 Å². The predicted octanol–water partition coefficient (Wildman–Crippen LogP) is 13.0. The Morgan fingerprint density at radius 3 is 1.00 bits per heavy atom. The van der Waals surface area contributed by atoms with Gasteiger partial charge in [-0.3, -0.25) is 4.79 Å². The number of unbranched alkanes of at least 4 members (excludes halogenated alkanes) is 18. The highest BCUT2D eigenvalue weighted by Crippen LogP contribution is 2.13. The Morgan fingerprint density at radius 2 is 0.658 bits per heavy atom. The fourth-order valence-electron chi connectivity index (χ4n) is 4.75. The largest absolute Gasteiger partial charge is 0.300 e. The van der Waals surface area contributed by atoms with Crippen molar-refractivity contribution in [2.75, 3.05) is 0 Å². The first kappa shape index (κ1) is 36.6. The van der Waals surface area contributed by atoms with E-state index in [4.69, 9.17) is 0 Å². The molecule has 0 radical (unpaired) electrons. The van der Waals surface area contributed by atoms with Gasteiger partial charge in [-0.15, -0.1) is 0 Å². The average Bonchev–Trinajstić information content (AvgIpc) is 2.92. The van der Waals surface area contributed by atoms with Crippen LogP contribution >= 0.6 is 0 Å². The molecule has 1 heteroatoms. The second kappa shape index (κ2) is 33.7. The molecule has 0 saturated heterocycles. The Hall–Kier alpha value is -1.37. The van der Waals surface area contributed by atoms with Gasteiger partial charge >= 0.3 is 0 Å². The van der Waals surface area contributed by atoms with E-state index < -0.39 is 0 Å². The van der Waals surface area contributed by atoms with Crippen LogP contribution in [0.4, 0.5) is 0 Å². The van der Waals surface area contributed by atoms with E-state index in [-0.39, 0.29) is 0 Å². The maximum absolute atomic E-state index is 12.1. The van der Waals surface area contributed by atoms with Crippen LogP contribution in [0.3, 0.4) is 0 Å². The quantitative estimate of drug-likeness (QED) is 0.0671. The maximum Gasteiger partial charge on any atom is 0.132 e. The molecule has 0 aliphatic carbocycles. The Labute approximate surface area is 239 Å². The summed E-state index contributed by atoms with van der Waals surface area (Å²) in [6.45, 7) is 4.52. The fourth-order valence-corrected chi connectivity index (χ4v) is 4.75. The molecular formula is C37H66O. The molecule has 0 aliphatic heterocycles. The number of hydrogen-bond acceptors (Lipinski definition) is 1. The molecule has 1 nitrogen and oxygen atoms in total. The Bertz CT molecular complexity index is 530. The van der Waals surface area contributed by atoms with Crippen molar-refractivity contribution in [1.82, 2.24) is 0 Å². The number of allylic oxidation sites excluding steroid dienone is 8. The zero-order valence-electron chi connectivity index (χ0n) is 25.9. The molecule has 0 spiro atoms. The average molecular weight is 527 g/mol. The van der Waals surface area contributed by atoms with E-state index in [1.165, 1.54) is 128 Å². The van der Waals surface area contributed by atoms with Gasteiger partial charge in [0.15, 0.2) is 0 Å². The molecule has 38 heavy (non-hydrogen) atoms. The molecule has 0 amide bonds. The highest BCUT2D eigenvalue weighted by molar-refractivity contribution is 5.78. The third kappa shape index (κ3) is 32.7. The number of carbonyl (C=O) groups excluding carboxylic acids is 1. The van der Waals surface area contributed by atoms with E-state index in [0.717, 1.165) is 38.5 Å². The van der Waals surface area contributed by atoms with Crippen molar-refractivity contribution in [1.29, 1.82) is 0 Å². The van der Waals surface area contributed by atoms with Crippen LogP contribution in [0, 0.1) is 0 Å². The molecule has 0 N–H and O–H groups in total. The summed E-state index contributed by atoms with van der Waals surface area (Å²) in [6.07, 6.45) is 50.5. The van der Waals surface area contributed by atoms with Gasteiger partial charge in [0.1, 0.15) is 5.78 Å². The predicted molar refractivity (Wildman–Crippen MR) is 173 cm³/mol. The van der Waals surface area contributed by atoms with E-state index in [1.54, 1.807) is 0 Å². The highest BCUT2D eigenvalue weighted by atomic mass is 16.1. The van der Waals surface area contributed by atoms with Crippen LogP contribution in [0.2, 0.25) is 0 Å². The zero-order valence-corrected chi connectivity index (χ0v) is 25.9. The second-order valence-corrected chi connectivity index (χ2v) is 11.2. The molecule has 0 rings (SSSR count). The summed E-state index contributed by atoms with van der Waals surface area (Å²) in [5.74, 6) is 0.499. The van der Waals surface area contributed by atoms with Crippen molar-refractivity contribution in [2.45, 2.75) is 181 Å². The molecule has 0 aromatic rings. The van der Waals surface area contributed by atoms with Gasteiger partial charge in [-0.05, 0) is 77.0 Å². The van der Waals surface area contributed by atoms with Crippen molar-refractivity contribution in [2.24, 2.45) is 0 Å². The topological polar surface area (TPSA) is 17.1 Å². The number of carbonyl (C=O) groups is 1. The van der Waals surface area contributed by atoms with Crippen molar-refractivity contribution < 1.29 is 4.79 Å². The molecule has 0 fully saturated rings. The van der Waals surface area contributed by atoms with Crippen LogP contribution in [0.1, 0.15) is 181 Å². The minimum Gasteiger partial charge on any atom is -0.300 e. The number of rotatable bonds is 30. The minimum absolute atomic E-state index is 0.499. The molecule has 0 aromatic carbocycles. The molecule has 0 atom stereocenters. The molecule has 220 valence electrons. The Balaban J connectivity index is 3.30. The van der Waals surface area contributed by atoms with Gasteiger partial charge in [0.2, 0.25) is 0 Å². The van der Waals surface area contributed by atoms with Crippen molar-refractivity contribution in [3.8, 4) is 0 Å². The molecule has 0 bridgehead atoms. The summed E-state index contributed by atoms with van der Waals surface area (Å²) >= 11 is 0. The summed E-state index contributed by atoms with van der Waals surface area (Å²) in [5.41, 5.74) is 0. The first-order valence-electron chi connectivity index (χ1n) is 16.9. The van der Waals surface area contributed by atoms with Gasteiger partial charge in [-0.25, -0.2) is 0 Å². The van der Waals surface area contributed by atoms with Crippen LogP contribution in [0.5, 0.6) is 0 Å². The second-order valence-electron chi connectivity index (χ2n) is 11.2. The first-order valence-corrected chi connectivity index (χ1v) is 16.9. The molecule has 0 saturated carbocycles. The number of hydrogen-bond donors (Lipinski definition) is 0. The standard InChI is InChI=1S/C37H66O/c1-3-5-7-9-11-13-15-17-19-21-23-25-27-29-31-33-35-37(38)36-34-32-30-28-26-24-22-20-18-16-14-12-10-8-6-4-2/h11-14,17-20H,3-10,15-16,21-36H2,1-2H3/b13-11+,14-12+,19-17+,20-18+. The van der Waals surface area contributed by atoms with Crippen LogP contribution in [-0.2, 0) is 4.79 Å². The van der Waals surface area contributed by atoms with E-state index in [9.17, 15) is 4.79 Å². The van der Waals surface area contributed by atoms with Gasteiger partial charge in [-0.2, -0.15) is 0 Å². The molecule has 0 aliphatic rings. The zero-order chi connectivity index (χ0) is 27.6. The lowest BCUT2D eigenvalue weighted by Crippen LogP contribution is -1.97. The van der Waals surface area contributed by atoms with Gasteiger partial charge < -0.3 is 0 Å². The molecule has 0 aromatic heterocycles. The van der Waals surface area contributed by atoms with Crippen molar-refractivity contribution >= 4 is 5.78 Å². The minimum atomic E-state index is 0.499. The maximum atomic E-state index is 12.1. The lowest BCUT2D eigenvalue weighted by molar-refractivity contribution is -0.119. The fraction of sp³-hybridized carbons (Fsp3) is 0.757. The smallest absolute Gasteiger partial charge is 0.132 e. The van der Waals surface area contributed by atoms with Crippen LogP contribution in [0.15, 0.2) is 48.6 Å². The number of ketones is 1. The SMILES string of the molecule is CCCCC/C=C/C/C=C/CCCCCCCCC(=O)CCCCCCCC/C=C/C/C=C/CCCCC. The highest BCUT2D eigenvalue weighted by Gasteiger charge is 2.02. The van der Waals surface area contributed by atoms with E-state index in [2.05, 4.69) is 62.5 Å². The summed E-state index contributed by atoms with van der Waals surface area (Å²) in [4.78, 5) is 12.1. The van der Waals surface area contributed by atoms with Crippen LogP contribution in [0.25, 0.3) is 0 Å². The summed E-state index contributed by atoms with van der Waals surface area (Å²) in [7, 11) is 0. The summed E-state index contributed by atoms with van der Waals surface area (Å²) < 4.78 is 0. The molecule has 0 unspecified atom stereocenters. The summed E-state index contributed by atoms with van der Waals surface area (Å²) in [6, 6.07) is 0. The Morgan fingerprint density at radius 1 is 0.368 bits per heavy atom. The molecular weight excluding hydrogens is 460 g/mol. The first-order chi connectivity index (χ1) is 18.8. The molecule has 0 heterocycles. The lowest BCUT2D eigenvalue weighted by atomic mass is 10.0. The monoisotopic (exact) mass is 527 g/mol. The van der Waals surface area contributed by atoms with Crippen molar-refractivity contribution in [3.63, 3.8) is 0 Å². The van der Waals surface area contributed by atoms with Gasteiger partial charge in [-0.1, -0.05) is 140 Å². The van der Waals surface area contributed by atoms with E-state index >= 15 is 0 Å². The van der Waals surface area contributed by atoms with Gasteiger partial charge in [0.25, 0.3) is 0 Å².